The molecule has 0 radical (unpaired) electrons. The highest BCUT2D eigenvalue weighted by Crippen LogP contribution is 2.19. The average Bonchev–Trinajstić information content (AvgIpc) is 2.03. The van der Waals surface area contributed by atoms with E-state index < -0.39 is 0 Å². The highest BCUT2D eigenvalue weighted by atomic mass is 32.2. The van der Waals surface area contributed by atoms with Crippen LogP contribution in [-0.2, 0) is 4.79 Å². The van der Waals surface area contributed by atoms with E-state index in [2.05, 4.69) is 25.4 Å². The molecule has 0 aromatic rings. The lowest BCUT2D eigenvalue weighted by atomic mass is 9.88. The number of hydrogen-bond donors (Lipinski definition) is 1. The smallest absolute Gasteiger partial charge is 0.125 e. The van der Waals surface area contributed by atoms with Crippen molar-refractivity contribution in [1.82, 2.24) is 5.32 Å². The van der Waals surface area contributed by atoms with Crippen molar-refractivity contribution in [3.05, 3.63) is 0 Å². The van der Waals surface area contributed by atoms with Crippen LogP contribution < -0.4 is 5.32 Å². The standard InChI is InChI=1S/C10H21NOS/c1-8(11-9(2)13-5)6-10(3,4)7-12/h7-9,11H,6H2,1-5H3. The number of hydrogen-bond acceptors (Lipinski definition) is 3. The maximum atomic E-state index is 10.7. The Morgan fingerprint density at radius 2 is 2.00 bits per heavy atom. The van der Waals surface area contributed by atoms with Gasteiger partial charge in [0.2, 0.25) is 0 Å². The Bertz CT molecular complexity index is 159. The van der Waals surface area contributed by atoms with E-state index in [9.17, 15) is 4.79 Å². The lowest BCUT2D eigenvalue weighted by molar-refractivity contribution is -0.115. The van der Waals surface area contributed by atoms with E-state index in [-0.39, 0.29) is 5.41 Å². The van der Waals surface area contributed by atoms with Crippen molar-refractivity contribution < 1.29 is 4.79 Å². The monoisotopic (exact) mass is 203 g/mol. The predicted molar refractivity (Wildman–Crippen MR) is 60.0 cm³/mol. The second-order valence-corrected chi connectivity index (χ2v) is 5.43. The summed E-state index contributed by atoms with van der Waals surface area (Å²) < 4.78 is 0. The second kappa shape index (κ2) is 5.66. The summed E-state index contributed by atoms with van der Waals surface area (Å²) in [5, 5.41) is 3.88. The van der Waals surface area contributed by atoms with Gasteiger partial charge in [-0.3, -0.25) is 0 Å². The molecule has 0 rings (SSSR count). The highest BCUT2D eigenvalue weighted by molar-refractivity contribution is 7.99. The first-order valence-corrected chi connectivity index (χ1v) is 5.95. The molecule has 0 amide bonds. The van der Waals surface area contributed by atoms with Crippen molar-refractivity contribution in [3.8, 4) is 0 Å². The summed E-state index contributed by atoms with van der Waals surface area (Å²) in [6.45, 7) is 8.21. The lowest BCUT2D eigenvalue weighted by Crippen LogP contribution is -2.36. The van der Waals surface area contributed by atoms with Crippen molar-refractivity contribution >= 4 is 18.0 Å². The van der Waals surface area contributed by atoms with Crippen LogP contribution in [-0.4, -0.2) is 24.0 Å². The summed E-state index contributed by atoms with van der Waals surface area (Å²) in [6, 6.07) is 0.391. The first-order chi connectivity index (χ1) is 5.91. The van der Waals surface area contributed by atoms with Crippen LogP contribution in [0.25, 0.3) is 0 Å². The molecule has 0 spiro atoms. The van der Waals surface area contributed by atoms with E-state index in [0.717, 1.165) is 12.7 Å². The summed E-state index contributed by atoms with van der Waals surface area (Å²) in [7, 11) is 0. The van der Waals surface area contributed by atoms with Crippen LogP contribution in [0.3, 0.4) is 0 Å². The molecular weight excluding hydrogens is 182 g/mol. The summed E-state index contributed by atoms with van der Waals surface area (Å²) in [5.41, 5.74) is -0.204. The number of aldehydes is 1. The van der Waals surface area contributed by atoms with Crippen molar-refractivity contribution in [2.75, 3.05) is 6.26 Å². The lowest BCUT2D eigenvalue weighted by Gasteiger charge is -2.25. The number of carbonyl (C=O) groups excluding carboxylic acids is 1. The number of carbonyl (C=O) groups is 1. The largest absolute Gasteiger partial charge is 0.303 e. The fourth-order valence-electron chi connectivity index (χ4n) is 1.36. The molecule has 2 nitrogen and oxygen atoms in total. The van der Waals surface area contributed by atoms with E-state index in [0.29, 0.717) is 11.4 Å². The molecule has 0 saturated heterocycles. The Kier molecular flexibility index (Phi) is 5.65. The molecule has 13 heavy (non-hydrogen) atoms. The van der Waals surface area contributed by atoms with E-state index >= 15 is 0 Å². The van der Waals surface area contributed by atoms with Crippen LogP contribution in [0.1, 0.15) is 34.1 Å². The van der Waals surface area contributed by atoms with E-state index in [1.165, 1.54) is 0 Å². The molecule has 0 aliphatic carbocycles. The Balaban J connectivity index is 3.86. The number of nitrogens with one attached hydrogen (secondary N) is 1. The molecule has 0 aliphatic heterocycles. The molecule has 2 unspecified atom stereocenters. The minimum atomic E-state index is -0.204. The highest BCUT2D eigenvalue weighted by Gasteiger charge is 2.20. The topological polar surface area (TPSA) is 29.1 Å². The summed E-state index contributed by atoms with van der Waals surface area (Å²) in [4.78, 5) is 10.7. The molecule has 78 valence electrons. The van der Waals surface area contributed by atoms with Crippen LogP contribution >= 0.6 is 11.8 Å². The Morgan fingerprint density at radius 1 is 1.46 bits per heavy atom. The third-order valence-corrected chi connectivity index (χ3v) is 2.87. The molecule has 0 aromatic carbocycles. The minimum absolute atomic E-state index is 0.204. The normalized spacial score (nSPS) is 16.7. The fraction of sp³-hybridized carbons (Fsp3) is 0.900. The molecule has 0 aromatic heterocycles. The first kappa shape index (κ1) is 13.0. The zero-order valence-corrected chi connectivity index (χ0v) is 10.1. The molecular formula is C10H21NOS. The molecule has 0 fully saturated rings. The van der Waals surface area contributed by atoms with Gasteiger partial charge in [0.05, 0.1) is 5.37 Å². The minimum Gasteiger partial charge on any atom is -0.303 e. The second-order valence-electron chi connectivity index (χ2n) is 4.26. The summed E-state index contributed by atoms with van der Waals surface area (Å²) >= 11 is 1.79. The summed E-state index contributed by atoms with van der Waals surface area (Å²) in [6.07, 6.45) is 4.01. The molecule has 0 aliphatic rings. The van der Waals surface area contributed by atoms with Gasteiger partial charge in [-0.25, -0.2) is 0 Å². The zero-order valence-electron chi connectivity index (χ0n) is 9.26. The van der Waals surface area contributed by atoms with Gasteiger partial charge in [0, 0.05) is 11.5 Å². The van der Waals surface area contributed by atoms with Gasteiger partial charge < -0.3 is 10.1 Å². The van der Waals surface area contributed by atoms with Gasteiger partial charge in [-0.1, -0.05) is 13.8 Å². The van der Waals surface area contributed by atoms with Gasteiger partial charge in [-0.2, -0.15) is 0 Å². The van der Waals surface area contributed by atoms with Gasteiger partial charge >= 0.3 is 0 Å². The van der Waals surface area contributed by atoms with Crippen LogP contribution in [0, 0.1) is 5.41 Å². The van der Waals surface area contributed by atoms with Crippen LogP contribution in [0.15, 0.2) is 0 Å². The van der Waals surface area contributed by atoms with Crippen LogP contribution in [0.2, 0.25) is 0 Å². The third kappa shape index (κ3) is 6.11. The summed E-state index contributed by atoms with van der Waals surface area (Å²) in [5.74, 6) is 0. The van der Waals surface area contributed by atoms with Gasteiger partial charge in [0.25, 0.3) is 0 Å². The van der Waals surface area contributed by atoms with Crippen LogP contribution in [0.4, 0.5) is 0 Å². The maximum Gasteiger partial charge on any atom is 0.125 e. The van der Waals surface area contributed by atoms with Gasteiger partial charge in [0.15, 0.2) is 0 Å². The van der Waals surface area contributed by atoms with Gasteiger partial charge in [0.1, 0.15) is 6.29 Å². The Morgan fingerprint density at radius 3 is 2.38 bits per heavy atom. The quantitative estimate of drug-likeness (QED) is 0.530. The molecule has 3 heteroatoms. The van der Waals surface area contributed by atoms with Crippen molar-refractivity contribution in [2.45, 2.75) is 45.5 Å². The Hall–Kier alpha value is -0.0200. The molecule has 2 atom stereocenters. The number of rotatable bonds is 6. The molecule has 0 bridgehead atoms. The maximum absolute atomic E-state index is 10.7. The van der Waals surface area contributed by atoms with Crippen molar-refractivity contribution in [1.29, 1.82) is 0 Å². The molecule has 0 saturated carbocycles. The zero-order chi connectivity index (χ0) is 10.5. The molecule has 1 N–H and O–H groups in total. The average molecular weight is 203 g/mol. The van der Waals surface area contributed by atoms with E-state index in [1.54, 1.807) is 11.8 Å². The van der Waals surface area contributed by atoms with Gasteiger partial charge in [-0.05, 0) is 26.5 Å². The Labute approximate surface area is 85.9 Å². The van der Waals surface area contributed by atoms with Crippen molar-refractivity contribution in [2.24, 2.45) is 5.41 Å². The molecule has 0 heterocycles. The SMILES string of the molecule is CSC(C)NC(C)CC(C)(C)C=O. The first-order valence-electron chi connectivity index (χ1n) is 4.66. The van der Waals surface area contributed by atoms with Crippen molar-refractivity contribution in [3.63, 3.8) is 0 Å². The van der Waals surface area contributed by atoms with E-state index in [1.807, 2.05) is 13.8 Å². The third-order valence-electron chi connectivity index (χ3n) is 2.02. The van der Waals surface area contributed by atoms with Crippen LogP contribution in [0.5, 0.6) is 0 Å². The fourth-order valence-corrected chi connectivity index (χ4v) is 1.73. The predicted octanol–water partition coefficient (Wildman–Crippen LogP) is 2.29. The van der Waals surface area contributed by atoms with E-state index in [4.69, 9.17) is 0 Å². The van der Waals surface area contributed by atoms with Gasteiger partial charge in [-0.15, -0.1) is 11.8 Å². The number of thioether (sulfide) groups is 1.